The predicted molar refractivity (Wildman–Crippen MR) is 92.1 cm³/mol. The number of hydrogen-bond donors (Lipinski definition) is 1. The van der Waals surface area contributed by atoms with Crippen molar-refractivity contribution in [2.24, 2.45) is 5.92 Å². The van der Waals surface area contributed by atoms with Gasteiger partial charge >= 0.3 is 0 Å². The average molecular weight is 344 g/mol. The van der Waals surface area contributed by atoms with Gasteiger partial charge in [0, 0.05) is 4.47 Å². The van der Waals surface area contributed by atoms with Gasteiger partial charge in [0.15, 0.2) is 0 Å². The molecule has 1 atom stereocenters. The van der Waals surface area contributed by atoms with E-state index < -0.39 is 0 Å². The zero-order chi connectivity index (χ0) is 13.9. The summed E-state index contributed by atoms with van der Waals surface area (Å²) in [6, 6.07) is 8.61. The topological polar surface area (TPSA) is 12.0 Å². The summed E-state index contributed by atoms with van der Waals surface area (Å²) in [5.41, 5.74) is 1.44. The van der Waals surface area contributed by atoms with Crippen LogP contribution in [0.1, 0.15) is 32.3 Å². The van der Waals surface area contributed by atoms with Gasteiger partial charge in [-0.1, -0.05) is 48.0 Å². The van der Waals surface area contributed by atoms with Crippen LogP contribution in [0.2, 0.25) is 0 Å². The maximum absolute atomic E-state index is 3.66. The summed E-state index contributed by atoms with van der Waals surface area (Å²) >= 11 is 5.71. The molecule has 0 saturated heterocycles. The number of benzene rings is 1. The zero-order valence-corrected chi connectivity index (χ0v) is 14.5. The fourth-order valence-corrected chi connectivity index (χ4v) is 3.36. The maximum atomic E-state index is 3.66. The molecular weight excluding hydrogens is 318 g/mol. The third-order valence-electron chi connectivity index (χ3n) is 3.20. The normalized spacial score (nSPS) is 12.6. The van der Waals surface area contributed by atoms with E-state index in [0.717, 1.165) is 19.0 Å². The van der Waals surface area contributed by atoms with Gasteiger partial charge in [-0.15, -0.1) is 0 Å². The van der Waals surface area contributed by atoms with Gasteiger partial charge in [0.05, 0.1) is 0 Å². The van der Waals surface area contributed by atoms with E-state index in [-0.39, 0.29) is 0 Å². The van der Waals surface area contributed by atoms with Crippen LogP contribution in [0.15, 0.2) is 28.7 Å². The lowest BCUT2D eigenvalue weighted by molar-refractivity contribution is 0.463. The largest absolute Gasteiger partial charge is 0.316 e. The van der Waals surface area contributed by atoms with E-state index in [4.69, 9.17) is 0 Å². The molecular formula is C16H26BrNS. The third kappa shape index (κ3) is 7.38. The Morgan fingerprint density at radius 3 is 2.74 bits per heavy atom. The van der Waals surface area contributed by atoms with E-state index in [1.807, 2.05) is 0 Å². The predicted octanol–water partition coefficient (Wildman–Crippen LogP) is 4.75. The molecule has 1 rings (SSSR count). The molecule has 0 aliphatic rings. The van der Waals surface area contributed by atoms with Gasteiger partial charge in [-0.2, -0.15) is 11.8 Å². The number of hydrogen-bond acceptors (Lipinski definition) is 2. The maximum Gasteiger partial charge on any atom is 0.0207 e. The van der Waals surface area contributed by atoms with Crippen LogP contribution in [0.5, 0.6) is 0 Å². The lowest BCUT2D eigenvalue weighted by atomic mass is 9.97. The van der Waals surface area contributed by atoms with Crippen molar-refractivity contribution < 1.29 is 0 Å². The van der Waals surface area contributed by atoms with Crippen LogP contribution < -0.4 is 5.32 Å². The second kappa shape index (κ2) is 10.8. The molecule has 1 aromatic rings. The highest BCUT2D eigenvalue weighted by atomic mass is 79.9. The minimum atomic E-state index is 0.740. The van der Waals surface area contributed by atoms with Crippen LogP contribution in [0.25, 0.3) is 0 Å². The summed E-state index contributed by atoms with van der Waals surface area (Å²) in [4.78, 5) is 0. The first kappa shape index (κ1) is 17.1. The molecule has 3 heteroatoms. The Balaban J connectivity index is 2.49. The van der Waals surface area contributed by atoms with Crippen molar-refractivity contribution in [3.63, 3.8) is 0 Å². The first-order chi connectivity index (χ1) is 9.27. The van der Waals surface area contributed by atoms with Gasteiger partial charge < -0.3 is 5.32 Å². The molecule has 0 saturated carbocycles. The lowest BCUT2D eigenvalue weighted by Gasteiger charge is -2.18. The standard InChI is InChI=1S/C16H26BrNS/c1-3-10-18-13-14(9-11-19-4-2)12-15-7-5-6-8-16(15)17/h5-8,14,18H,3-4,9-13H2,1-2H3. The lowest BCUT2D eigenvalue weighted by Crippen LogP contribution is -2.25. The fourth-order valence-electron chi connectivity index (χ4n) is 2.13. The van der Waals surface area contributed by atoms with Crippen LogP contribution in [0.4, 0.5) is 0 Å². The summed E-state index contributed by atoms with van der Waals surface area (Å²) in [5, 5.41) is 3.58. The first-order valence-corrected chi connectivity index (χ1v) is 9.24. The third-order valence-corrected chi connectivity index (χ3v) is 4.91. The van der Waals surface area contributed by atoms with Crippen molar-refractivity contribution in [2.75, 3.05) is 24.6 Å². The van der Waals surface area contributed by atoms with Crippen molar-refractivity contribution in [3.05, 3.63) is 34.3 Å². The van der Waals surface area contributed by atoms with E-state index in [1.165, 1.54) is 40.8 Å². The van der Waals surface area contributed by atoms with Gasteiger partial charge in [-0.25, -0.2) is 0 Å². The van der Waals surface area contributed by atoms with Crippen molar-refractivity contribution in [3.8, 4) is 0 Å². The summed E-state index contributed by atoms with van der Waals surface area (Å²) in [6.45, 7) is 6.73. The highest BCUT2D eigenvalue weighted by Gasteiger charge is 2.11. The molecule has 0 aliphatic heterocycles. The first-order valence-electron chi connectivity index (χ1n) is 7.29. The van der Waals surface area contributed by atoms with Crippen LogP contribution in [-0.4, -0.2) is 24.6 Å². The molecule has 0 radical (unpaired) electrons. The van der Waals surface area contributed by atoms with E-state index >= 15 is 0 Å². The van der Waals surface area contributed by atoms with Crippen LogP contribution >= 0.6 is 27.7 Å². The molecule has 1 aromatic carbocycles. The number of rotatable bonds is 10. The van der Waals surface area contributed by atoms with E-state index in [0.29, 0.717) is 0 Å². The Bertz CT molecular complexity index is 333. The molecule has 0 aromatic heterocycles. The number of nitrogens with one attached hydrogen (secondary N) is 1. The molecule has 0 bridgehead atoms. The smallest absolute Gasteiger partial charge is 0.0207 e. The molecule has 0 fully saturated rings. The average Bonchev–Trinajstić information content (AvgIpc) is 2.41. The van der Waals surface area contributed by atoms with Crippen molar-refractivity contribution in [1.82, 2.24) is 5.32 Å². The Labute approximate surface area is 131 Å². The van der Waals surface area contributed by atoms with E-state index in [1.54, 1.807) is 0 Å². The molecule has 0 amide bonds. The van der Waals surface area contributed by atoms with E-state index in [2.05, 4.69) is 71.1 Å². The van der Waals surface area contributed by atoms with E-state index in [9.17, 15) is 0 Å². The van der Waals surface area contributed by atoms with Crippen molar-refractivity contribution in [1.29, 1.82) is 0 Å². The Morgan fingerprint density at radius 1 is 1.26 bits per heavy atom. The molecule has 1 N–H and O–H groups in total. The second-order valence-electron chi connectivity index (χ2n) is 4.85. The molecule has 1 nitrogen and oxygen atoms in total. The fraction of sp³-hybridized carbons (Fsp3) is 0.625. The Morgan fingerprint density at radius 2 is 2.05 bits per heavy atom. The monoisotopic (exact) mass is 343 g/mol. The highest BCUT2D eigenvalue weighted by Crippen LogP contribution is 2.21. The number of halogens is 1. The SMILES string of the molecule is CCCNCC(CCSCC)Cc1ccccc1Br. The minimum Gasteiger partial charge on any atom is -0.316 e. The van der Waals surface area contributed by atoms with Gasteiger partial charge in [-0.3, -0.25) is 0 Å². The molecule has 19 heavy (non-hydrogen) atoms. The molecule has 0 spiro atoms. The van der Waals surface area contributed by atoms with Gasteiger partial charge in [-0.05, 0) is 61.4 Å². The van der Waals surface area contributed by atoms with Gasteiger partial charge in [0.25, 0.3) is 0 Å². The van der Waals surface area contributed by atoms with Gasteiger partial charge in [0.1, 0.15) is 0 Å². The number of thioether (sulfide) groups is 1. The summed E-state index contributed by atoms with van der Waals surface area (Å²) < 4.78 is 1.25. The highest BCUT2D eigenvalue weighted by molar-refractivity contribution is 9.10. The zero-order valence-electron chi connectivity index (χ0n) is 12.1. The molecule has 0 aliphatic carbocycles. The molecule has 1 unspecified atom stereocenters. The summed E-state index contributed by atoms with van der Waals surface area (Å²) in [5.74, 6) is 3.24. The Kier molecular flexibility index (Phi) is 9.66. The van der Waals surface area contributed by atoms with Gasteiger partial charge in [0.2, 0.25) is 0 Å². The Hall–Kier alpha value is 0.01000. The van der Waals surface area contributed by atoms with Crippen LogP contribution in [-0.2, 0) is 6.42 Å². The second-order valence-corrected chi connectivity index (χ2v) is 7.10. The minimum absolute atomic E-state index is 0.740. The quantitative estimate of drug-likeness (QED) is 0.615. The van der Waals surface area contributed by atoms with Crippen LogP contribution in [0.3, 0.4) is 0 Å². The summed E-state index contributed by atoms with van der Waals surface area (Å²) in [7, 11) is 0. The molecule has 0 heterocycles. The summed E-state index contributed by atoms with van der Waals surface area (Å²) in [6.07, 6.45) is 3.68. The molecule has 108 valence electrons. The van der Waals surface area contributed by atoms with Crippen molar-refractivity contribution >= 4 is 27.7 Å². The van der Waals surface area contributed by atoms with Crippen LogP contribution in [0, 0.1) is 5.92 Å². The van der Waals surface area contributed by atoms with Crippen molar-refractivity contribution in [2.45, 2.75) is 33.1 Å².